The smallest absolute Gasteiger partial charge is 0.274 e. The van der Waals surface area contributed by atoms with Gasteiger partial charge in [-0.25, -0.2) is 4.98 Å². The fourth-order valence-corrected chi connectivity index (χ4v) is 5.44. The van der Waals surface area contributed by atoms with E-state index in [0.29, 0.717) is 51.8 Å². The van der Waals surface area contributed by atoms with Crippen molar-refractivity contribution in [1.82, 2.24) is 30.5 Å². The van der Waals surface area contributed by atoms with E-state index in [2.05, 4.69) is 25.6 Å². The normalized spacial score (nSPS) is 15.5. The summed E-state index contributed by atoms with van der Waals surface area (Å²) in [6.45, 7) is 6.34. The molecule has 2 aromatic carbocycles. The molecule has 45 heavy (non-hydrogen) atoms. The standard InChI is InChI=1S/C34H38N6O5/c1-20(2)13-27-33(42)36-11-12-40(34(43)29-21(3)37-31(39-29)23-9-7-6-8-10-23)19-22-14-26(30(45-5)28(15-22)44-4)24-16-25(18-35-17-24)32(41)38-27/h6-10,14-18,20,27H,11-13,19H2,1-5H3,(H,36,42)(H,37,39)(H,38,41)/t27-/m1/s1. The summed E-state index contributed by atoms with van der Waals surface area (Å²) in [4.78, 5) is 54.7. The highest BCUT2D eigenvalue weighted by Crippen LogP contribution is 2.40. The average molecular weight is 611 g/mol. The predicted molar refractivity (Wildman–Crippen MR) is 170 cm³/mol. The molecule has 4 aromatic rings. The van der Waals surface area contributed by atoms with Gasteiger partial charge in [0.15, 0.2) is 11.5 Å². The molecule has 1 aliphatic heterocycles. The van der Waals surface area contributed by atoms with Crippen LogP contribution >= 0.6 is 0 Å². The van der Waals surface area contributed by atoms with E-state index in [-0.39, 0.29) is 37.4 Å². The second-order valence-corrected chi connectivity index (χ2v) is 11.4. The molecule has 0 spiro atoms. The lowest BCUT2D eigenvalue weighted by Gasteiger charge is -2.25. The third-order valence-corrected chi connectivity index (χ3v) is 7.66. The summed E-state index contributed by atoms with van der Waals surface area (Å²) in [7, 11) is 3.09. The number of carbonyl (C=O) groups is 3. The van der Waals surface area contributed by atoms with Crippen molar-refractivity contribution in [1.29, 1.82) is 0 Å². The number of pyridine rings is 1. The molecule has 1 atom stereocenters. The zero-order chi connectivity index (χ0) is 32.1. The third-order valence-electron chi connectivity index (χ3n) is 7.66. The van der Waals surface area contributed by atoms with E-state index in [0.717, 1.165) is 11.1 Å². The van der Waals surface area contributed by atoms with Crippen molar-refractivity contribution in [2.24, 2.45) is 5.92 Å². The fraction of sp³-hybridized carbons (Fsp3) is 0.324. The lowest BCUT2D eigenvalue weighted by Crippen LogP contribution is -2.49. The number of ether oxygens (including phenoxy) is 2. The lowest BCUT2D eigenvalue weighted by atomic mass is 10.00. The molecular weight excluding hydrogens is 572 g/mol. The van der Waals surface area contributed by atoms with Crippen LogP contribution in [0.2, 0.25) is 0 Å². The van der Waals surface area contributed by atoms with Crippen LogP contribution in [0.15, 0.2) is 60.9 Å². The number of nitrogens with one attached hydrogen (secondary N) is 3. The van der Waals surface area contributed by atoms with Crippen molar-refractivity contribution < 1.29 is 23.9 Å². The molecule has 3 amide bonds. The molecule has 4 bridgehead atoms. The number of methoxy groups -OCH3 is 2. The Morgan fingerprint density at radius 3 is 2.49 bits per heavy atom. The van der Waals surface area contributed by atoms with Crippen molar-refractivity contribution in [3.63, 3.8) is 0 Å². The van der Waals surface area contributed by atoms with E-state index in [4.69, 9.17) is 9.47 Å². The Balaban J connectivity index is 1.59. The number of aryl methyl sites for hydroxylation is 1. The largest absolute Gasteiger partial charge is 0.493 e. The Morgan fingerprint density at radius 2 is 1.78 bits per heavy atom. The van der Waals surface area contributed by atoms with Crippen molar-refractivity contribution in [2.75, 3.05) is 27.3 Å². The molecule has 234 valence electrons. The molecule has 11 heteroatoms. The van der Waals surface area contributed by atoms with Gasteiger partial charge < -0.3 is 30.0 Å². The predicted octanol–water partition coefficient (Wildman–Crippen LogP) is 4.38. The SMILES string of the molecule is COc1cc2cc(c1OC)-c1cncc(c1)C(=O)N[C@H](CC(C)C)C(=O)NCCN(C(=O)c1nc(-c3ccccc3)[nH]c1C)C2. The first-order chi connectivity index (χ1) is 21.7. The van der Waals surface area contributed by atoms with Gasteiger partial charge in [-0.15, -0.1) is 0 Å². The summed E-state index contributed by atoms with van der Waals surface area (Å²) < 4.78 is 11.4. The Bertz CT molecular complexity index is 1700. The maximum absolute atomic E-state index is 14.1. The Labute approximate surface area is 262 Å². The van der Waals surface area contributed by atoms with Gasteiger partial charge in [0.05, 0.1) is 19.8 Å². The quantitative estimate of drug-likeness (QED) is 0.295. The van der Waals surface area contributed by atoms with Gasteiger partial charge in [-0.1, -0.05) is 44.2 Å². The number of nitrogens with zero attached hydrogens (tertiary/aromatic N) is 3. The highest BCUT2D eigenvalue weighted by atomic mass is 16.5. The van der Waals surface area contributed by atoms with E-state index in [9.17, 15) is 14.4 Å². The van der Waals surface area contributed by atoms with Gasteiger partial charge in [0.1, 0.15) is 17.6 Å². The van der Waals surface area contributed by atoms with E-state index >= 15 is 0 Å². The van der Waals surface area contributed by atoms with Crippen LogP contribution in [0, 0.1) is 12.8 Å². The van der Waals surface area contributed by atoms with Crippen molar-refractivity contribution >= 4 is 17.7 Å². The number of hydrogen-bond donors (Lipinski definition) is 3. The highest BCUT2D eigenvalue weighted by Gasteiger charge is 2.27. The highest BCUT2D eigenvalue weighted by molar-refractivity contribution is 5.98. The number of imidazole rings is 1. The zero-order valence-corrected chi connectivity index (χ0v) is 26.1. The van der Waals surface area contributed by atoms with Crippen LogP contribution in [-0.4, -0.2) is 70.9 Å². The molecule has 3 N–H and O–H groups in total. The fourth-order valence-electron chi connectivity index (χ4n) is 5.44. The first-order valence-corrected chi connectivity index (χ1v) is 14.9. The van der Waals surface area contributed by atoms with E-state index < -0.39 is 11.9 Å². The number of amides is 3. The van der Waals surface area contributed by atoms with Crippen LogP contribution in [0.25, 0.3) is 22.5 Å². The maximum Gasteiger partial charge on any atom is 0.274 e. The number of hydrogen-bond acceptors (Lipinski definition) is 7. The van der Waals surface area contributed by atoms with Gasteiger partial charge in [-0.05, 0) is 43.0 Å². The van der Waals surface area contributed by atoms with Crippen LogP contribution in [-0.2, 0) is 11.3 Å². The molecule has 2 aromatic heterocycles. The summed E-state index contributed by atoms with van der Waals surface area (Å²) in [6, 6.07) is 14.2. The van der Waals surface area contributed by atoms with Crippen LogP contribution in [0.3, 0.4) is 0 Å². The third kappa shape index (κ3) is 6.98. The number of fused-ring (bicyclic) bond motifs is 5. The van der Waals surface area contributed by atoms with Gasteiger partial charge in [0.2, 0.25) is 5.91 Å². The van der Waals surface area contributed by atoms with Gasteiger partial charge in [0.25, 0.3) is 11.8 Å². The van der Waals surface area contributed by atoms with E-state index in [1.807, 2.05) is 63.2 Å². The van der Waals surface area contributed by atoms with Crippen LogP contribution in [0.5, 0.6) is 11.5 Å². The van der Waals surface area contributed by atoms with Gasteiger partial charge >= 0.3 is 0 Å². The molecule has 5 rings (SSSR count). The van der Waals surface area contributed by atoms with Crippen LogP contribution in [0.1, 0.15) is 52.4 Å². The number of benzene rings is 2. The second-order valence-electron chi connectivity index (χ2n) is 11.4. The van der Waals surface area contributed by atoms with Crippen LogP contribution in [0.4, 0.5) is 0 Å². The Kier molecular flexibility index (Phi) is 9.46. The first kappa shape index (κ1) is 31.2. The summed E-state index contributed by atoms with van der Waals surface area (Å²) in [5.41, 5.74) is 4.11. The summed E-state index contributed by atoms with van der Waals surface area (Å²) in [5.74, 6) is 0.631. The van der Waals surface area contributed by atoms with E-state index in [1.54, 1.807) is 31.4 Å². The van der Waals surface area contributed by atoms with Gasteiger partial charge in [-0.2, -0.15) is 0 Å². The first-order valence-electron chi connectivity index (χ1n) is 14.9. The van der Waals surface area contributed by atoms with Crippen molar-refractivity contribution in [3.05, 3.63) is 83.4 Å². The molecule has 11 nitrogen and oxygen atoms in total. The Hall–Kier alpha value is -5.19. The Morgan fingerprint density at radius 1 is 1.02 bits per heavy atom. The van der Waals surface area contributed by atoms with Gasteiger partial charge in [-0.3, -0.25) is 19.4 Å². The van der Waals surface area contributed by atoms with Gasteiger partial charge in [0, 0.05) is 54.4 Å². The zero-order valence-electron chi connectivity index (χ0n) is 26.1. The molecule has 0 aliphatic carbocycles. The average Bonchev–Trinajstić information content (AvgIpc) is 3.44. The molecular formula is C34H38N6O5. The second kappa shape index (κ2) is 13.6. The molecule has 0 unspecified atom stereocenters. The summed E-state index contributed by atoms with van der Waals surface area (Å²) in [5, 5.41) is 5.81. The number of carbonyl (C=O) groups excluding carboxylic acids is 3. The maximum atomic E-state index is 14.1. The molecule has 1 aliphatic rings. The summed E-state index contributed by atoms with van der Waals surface area (Å²) >= 11 is 0. The molecule has 0 saturated heterocycles. The van der Waals surface area contributed by atoms with Crippen molar-refractivity contribution in [3.8, 4) is 34.0 Å². The monoisotopic (exact) mass is 610 g/mol. The number of rotatable bonds is 6. The van der Waals surface area contributed by atoms with E-state index in [1.165, 1.54) is 6.20 Å². The number of aromatic amines is 1. The lowest BCUT2D eigenvalue weighted by molar-refractivity contribution is -0.123. The minimum atomic E-state index is -0.770. The molecule has 3 heterocycles. The molecule has 0 fully saturated rings. The van der Waals surface area contributed by atoms with Crippen molar-refractivity contribution in [2.45, 2.75) is 39.8 Å². The topological polar surface area (TPSA) is 139 Å². The number of aromatic nitrogens is 3. The number of H-pyrrole nitrogens is 1. The van der Waals surface area contributed by atoms with Crippen LogP contribution < -0.4 is 20.1 Å². The minimum Gasteiger partial charge on any atom is -0.493 e. The molecule has 0 saturated carbocycles. The minimum absolute atomic E-state index is 0.144. The summed E-state index contributed by atoms with van der Waals surface area (Å²) in [6.07, 6.45) is 3.54. The molecule has 0 radical (unpaired) electrons.